The van der Waals surface area contributed by atoms with Gasteiger partial charge in [-0.25, -0.2) is 0 Å². The van der Waals surface area contributed by atoms with E-state index in [1.165, 1.54) is 0 Å². The highest BCUT2D eigenvalue weighted by atomic mass is 16.7. The average Bonchev–Trinajstić information content (AvgIpc) is 2.96. The third-order valence-corrected chi connectivity index (χ3v) is 5.53. The molecular formula is C19H18N2O3. The van der Waals surface area contributed by atoms with Gasteiger partial charge in [0.05, 0.1) is 23.5 Å². The number of hydrogen-bond donors (Lipinski definition) is 2. The Balaban J connectivity index is 1.31. The van der Waals surface area contributed by atoms with Crippen LogP contribution in [0.25, 0.3) is 0 Å². The lowest BCUT2D eigenvalue weighted by Gasteiger charge is -2.33. The van der Waals surface area contributed by atoms with E-state index in [4.69, 9.17) is 14.2 Å². The largest absolute Gasteiger partial charge is 0.460 e. The summed E-state index contributed by atoms with van der Waals surface area (Å²) in [6.45, 7) is 0. The molecular weight excluding hydrogens is 304 g/mol. The molecule has 0 spiro atoms. The molecule has 2 aromatic carbocycles. The zero-order valence-corrected chi connectivity index (χ0v) is 13.1. The highest BCUT2D eigenvalue weighted by Crippen LogP contribution is 2.49. The molecule has 4 fully saturated rings. The van der Waals surface area contributed by atoms with Gasteiger partial charge in [0.1, 0.15) is 5.75 Å². The van der Waals surface area contributed by atoms with Gasteiger partial charge < -0.3 is 24.8 Å². The summed E-state index contributed by atoms with van der Waals surface area (Å²) >= 11 is 0. The number of piperidine rings is 1. The van der Waals surface area contributed by atoms with Crippen LogP contribution in [0.1, 0.15) is 19.3 Å². The lowest BCUT2D eigenvalue weighted by molar-refractivity contribution is -0.186. The van der Waals surface area contributed by atoms with Gasteiger partial charge in [0.15, 0.2) is 11.5 Å². The van der Waals surface area contributed by atoms with E-state index in [-0.39, 0.29) is 0 Å². The first-order valence-corrected chi connectivity index (χ1v) is 8.58. The van der Waals surface area contributed by atoms with Crippen molar-refractivity contribution in [3.05, 3.63) is 42.5 Å². The second-order valence-electron chi connectivity index (χ2n) is 7.13. The van der Waals surface area contributed by atoms with E-state index in [1.54, 1.807) is 0 Å². The Morgan fingerprint density at radius 1 is 1.04 bits per heavy atom. The first-order chi connectivity index (χ1) is 11.8. The number of ether oxygens (including phenoxy) is 3. The molecule has 2 aromatic rings. The lowest BCUT2D eigenvalue weighted by Crippen LogP contribution is -2.44. The Morgan fingerprint density at radius 2 is 1.96 bits per heavy atom. The Morgan fingerprint density at radius 3 is 2.92 bits per heavy atom. The minimum absolute atomic E-state index is 0.303. The average molecular weight is 322 g/mol. The van der Waals surface area contributed by atoms with Gasteiger partial charge >= 0.3 is 0 Å². The van der Waals surface area contributed by atoms with Crippen LogP contribution in [0.3, 0.4) is 0 Å². The van der Waals surface area contributed by atoms with Crippen LogP contribution in [-0.2, 0) is 4.74 Å². The predicted molar refractivity (Wildman–Crippen MR) is 89.0 cm³/mol. The quantitative estimate of drug-likeness (QED) is 0.756. The highest BCUT2D eigenvalue weighted by Gasteiger charge is 2.61. The fourth-order valence-electron chi connectivity index (χ4n) is 4.55. The fourth-order valence-corrected chi connectivity index (χ4v) is 4.55. The minimum atomic E-state index is -0.498. The van der Waals surface area contributed by atoms with Gasteiger partial charge in [0.2, 0.25) is 5.79 Å². The molecule has 5 aliphatic rings. The SMILES string of the molecule is c1ccc2c(c1)Nc1ccc(OC34C[C@@H]5C[C@@H](C[C@H]3N5)O4)cc1O2. The van der Waals surface area contributed by atoms with E-state index in [2.05, 4.69) is 10.6 Å². The zero-order valence-electron chi connectivity index (χ0n) is 13.1. The molecule has 122 valence electrons. The predicted octanol–water partition coefficient (Wildman–Crippen LogP) is 3.53. The number of anilines is 2. The summed E-state index contributed by atoms with van der Waals surface area (Å²) < 4.78 is 18.6. The first-order valence-electron chi connectivity index (χ1n) is 8.58. The van der Waals surface area contributed by atoms with Crippen LogP contribution in [0, 0.1) is 0 Å². The molecule has 5 heterocycles. The number of para-hydroxylation sites is 2. The maximum Gasteiger partial charge on any atom is 0.227 e. The molecule has 4 atom stereocenters. The molecule has 5 aliphatic heterocycles. The Hall–Kier alpha value is -2.24. The van der Waals surface area contributed by atoms with Crippen LogP contribution in [0.2, 0.25) is 0 Å². The third-order valence-electron chi connectivity index (χ3n) is 5.53. The second-order valence-corrected chi connectivity index (χ2v) is 7.13. The molecule has 4 bridgehead atoms. The van der Waals surface area contributed by atoms with Crippen molar-refractivity contribution >= 4 is 11.4 Å². The Labute approximate surface area is 139 Å². The number of fused-ring (bicyclic) bond motifs is 2. The standard InChI is InChI=1S/C19H18N2O3/c1-2-4-16-14(3-1)21-15-6-5-12(8-17(15)22-16)23-19-10-11-7-13(24-19)9-18(19)20-11/h1-6,8,11,13,18,20-21H,7,9-10H2/t11-,13-,18+,19?/m0/s1. The molecule has 0 saturated carbocycles. The van der Waals surface area contributed by atoms with E-state index in [0.29, 0.717) is 18.2 Å². The van der Waals surface area contributed by atoms with Crippen molar-refractivity contribution in [2.24, 2.45) is 0 Å². The summed E-state index contributed by atoms with van der Waals surface area (Å²) in [6.07, 6.45) is 3.42. The van der Waals surface area contributed by atoms with Crippen molar-refractivity contribution in [2.45, 2.75) is 43.2 Å². The molecule has 0 amide bonds. The summed E-state index contributed by atoms with van der Waals surface area (Å²) in [5.41, 5.74) is 1.94. The number of nitrogens with one attached hydrogen (secondary N) is 2. The molecule has 2 N–H and O–H groups in total. The van der Waals surface area contributed by atoms with Gasteiger partial charge in [0.25, 0.3) is 0 Å². The molecule has 0 radical (unpaired) electrons. The fraction of sp³-hybridized carbons (Fsp3) is 0.368. The van der Waals surface area contributed by atoms with Gasteiger partial charge in [-0.15, -0.1) is 0 Å². The summed E-state index contributed by atoms with van der Waals surface area (Å²) in [5.74, 6) is 1.92. The number of rotatable bonds is 2. The van der Waals surface area contributed by atoms with Crippen LogP contribution >= 0.6 is 0 Å². The molecule has 7 rings (SSSR count). The van der Waals surface area contributed by atoms with E-state index >= 15 is 0 Å². The van der Waals surface area contributed by atoms with Gasteiger partial charge in [-0.3, -0.25) is 0 Å². The molecule has 4 saturated heterocycles. The summed E-state index contributed by atoms with van der Waals surface area (Å²) in [7, 11) is 0. The summed E-state index contributed by atoms with van der Waals surface area (Å²) in [4.78, 5) is 0. The van der Waals surface area contributed by atoms with Crippen LogP contribution in [0.4, 0.5) is 11.4 Å². The number of hydrogen-bond acceptors (Lipinski definition) is 5. The van der Waals surface area contributed by atoms with E-state index in [0.717, 1.165) is 47.9 Å². The molecule has 24 heavy (non-hydrogen) atoms. The molecule has 0 aromatic heterocycles. The topological polar surface area (TPSA) is 51.8 Å². The molecule has 0 aliphatic carbocycles. The Bertz CT molecular complexity index is 823. The number of benzene rings is 2. The van der Waals surface area contributed by atoms with Gasteiger partial charge in [-0.1, -0.05) is 12.1 Å². The van der Waals surface area contributed by atoms with E-state index < -0.39 is 5.79 Å². The van der Waals surface area contributed by atoms with Crippen LogP contribution < -0.4 is 20.1 Å². The maximum atomic E-state index is 6.35. The Kier molecular flexibility index (Phi) is 2.42. The molecule has 1 unspecified atom stereocenters. The smallest absolute Gasteiger partial charge is 0.227 e. The van der Waals surface area contributed by atoms with Crippen molar-refractivity contribution in [2.75, 3.05) is 5.32 Å². The second kappa shape index (κ2) is 4.43. The van der Waals surface area contributed by atoms with Gasteiger partial charge in [-0.05, 0) is 37.1 Å². The van der Waals surface area contributed by atoms with E-state index in [9.17, 15) is 0 Å². The monoisotopic (exact) mass is 322 g/mol. The minimum Gasteiger partial charge on any atom is -0.460 e. The lowest BCUT2D eigenvalue weighted by atomic mass is 10.0. The van der Waals surface area contributed by atoms with Crippen molar-refractivity contribution < 1.29 is 14.2 Å². The van der Waals surface area contributed by atoms with Gasteiger partial charge in [-0.2, -0.15) is 0 Å². The van der Waals surface area contributed by atoms with Crippen molar-refractivity contribution in [3.8, 4) is 17.2 Å². The molecule has 5 heteroatoms. The third kappa shape index (κ3) is 1.77. The van der Waals surface area contributed by atoms with Crippen LogP contribution in [0.15, 0.2) is 42.5 Å². The van der Waals surface area contributed by atoms with Crippen molar-refractivity contribution in [1.82, 2.24) is 5.32 Å². The van der Waals surface area contributed by atoms with Crippen molar-refractivity contribution in [3.63, 3.8) is 0 Å². The van der Waals surface area contributed by atoms with Crippen LogP contribution in [0.5, 0.6) is 17.2 Å². The van der Waals surface area contributed by atoms with E-state index in [1.807, 2.05) is 42.5 Å². The summed E-state index contributed by atoms with van der Waals surface area (Å²) in [6, 6.07) is 14.7. The van der Waals surface area contributed by atoms with Crippen LogP contribution in [-0.4, -0.2) is 24.0 Å². The highest BCUT2D eigenvalue weighted by molar-refractivity contribution is 5.76. The zero-order chi connectivity index (χ0) is 15.7. The van der Waals surface area contributed by atoms with Crippen molar-refractivity contribution in [1.29, 1.82) is 0 Å². The van der Waals surface area contributed by atoms with Gasteiger partial charge in [0, 0.05) is 18.5 Å². The normalized spacial score (nSPS) is 34.2. The first kappa shape index (κ1) is 13.1. The maximum absolute atomic E-state index is 6.35. The molecule has 5 nitrogen and oxygen atoms in total. The summed E-state index contributed by atoms with van der Waals surface area (Å²) in [5, 5.41) is 7.02.